The number of hydrogen-bond acceptors (Lipinski definition) is 2. The Labute approximate surface area is 142 Å². The molecule has 2 aliphatic rings. The van der Waals surface area contributed by atoms with E-state index in [-0.39, 0.29) is 11.2 Å². The third-order valence-electron chi connectivity index (χ3n) is 5.30. The Morgan fingerprint density at radius 3 is 2.55 bits per heavy atom. The van der Waals surface area contributed by atoms with E-state index in [0.717, 1.165) is 21.8 Å². The molecule has 120 valence electrons. The number of carbonyl (C=O) groups excluding carboxylic acids is 1. The minimum absolute atomic E-state index is 0.0813. The standard InChI is InChI=1S/C18H24ClNOS/c1-11(17-10-13-3-4-14(17)9-13)20-18(21)12(2)22-16-7-5-15(19)6-8-16/h5-8,11-14,17H,3-4,9-10H2,1-2H3,(H,20,21). The predicted molar refractivity (Wildman–Crippen MR) is 93.3 cm³/mol. The molecule has 0 saturated heterocycles. The third-order valence-corrected chi connectivity index (χ3v) is 6.66. The second kappa shape index (κ2) is 6.84. The SMILES string of the molecule is CC(Sc1ccc(Cl)cc1)C(=O)NC(C)C1CC2CCC1C2. The fourth-order valence-electron chi connectivity index (χ4n) is 4.13. The van der Waals surface area contributed by atoms with Crippen molar-refractivity contribution in [1.82, 2.24) is 5.32 Å². The number of halogens is 1. The first kappa shape index (κ1) is 16.2. The summed E-state index contributed by atoms with van der Waals surface area (Å²) in [5.74, 6) is 2.61. The molecule has 2 aliphatic carbocycles. The van der Waals surface area contributed by atoms with Gasteiger partial charge in [-0.25, -0.2) is 0 Å². The van der Waals surface area contributed by atoms with Gasteiger partial charge in [0.05, 0.1) is 5.25 Å². The molecule has 1 aromatic rings. The van der Waals surface area contributed by atoms with Gasteiger partial charge in [-0.15, -0.1) is 11.8 Å². The Hall–Kier alpha value is -0.670. The molecule has 0 aliphatic heterocycles. The first-order chi connectivity index (χ1) is 10.5. The maximum absolute atomic E-state index is 12.4. The summed E-state index contributed by atoms with van der Waals surface area (Å²) in [7, 11) is 0. The molecule has 22 heavy (non-hydrogen) atoms. The van der Waals surface area contributed by atoms with Crippen LogP contribution >= 0.6 is 23.4 Å². The molecule has 0 spiro atoms. The molecule has 0 aromatic heterocycles. The van der Waals surface area contributed by atoms with Crippen LogP contribution in [0.3, 0.4) is 0 Å². The molecule has 3 rings (SSSR count). The van der Waals surface area contributed by atoms with Crippen molar-refractivity contribution in [3.8, 4) is 0 Å². The molecule has 1 amide bonds. The van der Waals surface area contributed by atoms with Gasteiger partial charge >= 0.3 is 0 Å². The zero-order valence-corrected chi connectivity index (χ0v) is 14.8. The molecule has 5 atom stereocenters. The second-order valence-corrected chi connectivity index (χ2v) is 8.70. The minimum Gasteiger partial charge on any atom is -0.352 e. The van der Waals surface area contributed by atoms with E-state index < -0.39 is 0 Å². The summed E-state index contributed by atoms with van der Waals surface area (Å²) in [6.45, 7) is 4.16. The van der Waals surface area contributed by atoms with Crippen LogP contribution in [0, 0.1) is 17.8 Å². The maximum Gasteiger partial charge on any atom is 0.233 e. The summed E-state index contributed by atoms with van der Waals surface area (Å²) in [5, 5.41) is 3.90. The number of fused-ring (bicyclic) bond motifs is 2. The highest BCUT2D eigenvalue weighted by Gasteiger charge is 2.42. The Balaban J connectivity index is 1.51. The molecule has 0 radical (unpaired) electrons. The van der Waals surface area contributed by atoms with Crippen molar-refractivity contribution in [2.45, 2.75) is 55.7 Å². The molecule has 5 unspecified atom stereocenters. The van der Waals surface area contributed by atoms with Gasteiger partial charge < -0.3 is 5.32 Å². The van der Waals surface area contributed by atoms with Gasteiger partial charge in [0.25, 0.3) is 0 Å². The zero-order chi connectivity index (χ0) is 15.7. The molecular formula is C18H24ClNOS. The average Bonchev–Trinajstić information content (AvgIpc) is 3.12. The van der Waals surface area contributed by atoms with Crippen LogP contribution in [0.1, 0.15) is 39.5 Å². The van der Waals surface area contributed by atoms with Crippen LogP contribution in [0.2, 0.25) is 5.02 Å². The molecule has 2 nitrogen and oxygen atoms in total. The summed E-state index contributed by atoms with van der Waals surface area (Å²) in [5.41, 5.74) is 0. The van der Waals surface area contributed by atoms with Crippen molar-refractivity contribution in [3.63, 3.8) is 0 Å². The lowest BCUT2D eigenvalue weighted by Crippen LogP contribution is -2.43. The van der Waals surface area contributed by atoms with E-state index >= 15 is 0 Å². The fourth-order valence-corrected chi connectivity index (χ4v) is 5.13. The Morgan fingerprint density at radius 2 is 1.95 bits per heavy atom. The van der Waals surface area contributed by atoms with Gasteiger partial charge in [0.1, 0.15) is 0 Å². The van der Waals surface area contributed by atoms with E-state index in [1.54, 1.807) is 11.8 Å². The van der Waals surface area contributed by atoms with Crippen molar-refractivity contribution >= 4 is 29.3 Å². The normalized spacial score (nSPS) is 29.3. The van der Waals surface area contributed by atoms with Gasteiger partial charge in [-0.2, -0.15) is 0 Å². The Morgan fingerprint density at radius 1 is 1.23 bits per heavy atom. The van der Waals surface area contributed by atoms with E-state index in [4.69, 9.17) is 11.6 Å². The van der Waals surface area contributed by atoms with Gasteiger partial charge in [0, 0.05) is 16.0 Å². The van der Waals surface area contributed by atoms with Gasteiger partial charge in [0.2, 0.25) is 5.91 Å². The lowest BCUT2D eigenvalue weighted by Gasteiger charge is -2.29. The number of thioether (sulfide) groups is 1. The number of amides is 1. The van der Waals surface area contributed by atoms with E-state index in [2.05, 4.69) is 12.2 Å². The van der Waals surface area contributed by atoms with Crippen LogP contribution in [0.4, 0.5) is 0 Å². The molecule has 1 N–H and O–H groups in total. The molecule has 2 bridgehead atoms. The highest BCUT2D eigenvalue weighted by atomic mass is 35.5. The first-order valence-electron chi connectivity index (χ1n) is 8.25. The molecule has 2 saturated carbocycles. The fraction of sp³-hybridized carbons (Fsp3) is 0.611. The third kappa shape index (κ3) is 3.62. The van der Waals surface area contributed by atoms with Crippen LogP contribution < -0.4 is 5.32 Å². The van der Waals surface area contributed by atoms with Gasteiger partial charge in [-0.1, -0.05) is 18.0 Å². The van der Waals surface area contributed by atoms with Gasteiger partial charge in [-0.05, 0) is 75.1 Å². The summed E-state index contributed by atoms with van der Waals surface area (Å²) in [4.78, 5) is 13.5. The lowest BCUT2D eigenvalue weighted by atomic mass is 9.84. The largest absolute Gasteiger partial charge is 0.352 e. The lowest BCUT2D eigenvalue weighted by molar-refractivity contribution is -0.121. The second-order valence-electron chi connectivity index (χ2n) is 6.85. The Kier molecular flexibility index (Phi) is 5.03. The van der Waals surface area contributed by atoms with E-state index in [1.807, 2.05) is 31.2 Å². The van der Waals surface area contributed by atoms with E-state index in [1.165, 1.54) is 25.7 Å². The van der Waals surface area contributed by atoms with Crippen LogP contribution in [0.15, 0.2) is 29.2 Å². The Bertz CT molecular complexity index is 532. The maximum atomic E-state index is 12.4. The molecule has 4 heteroatoms. The van der Waals surface area contributed by atoms with Crippen molar-refractivity contribution in [2.75, 3.05) is 0 Å². The minimum atomic E-state index is -0.0813. The summed E-state index contributed by atoms with van der Waals surface area (Å²) >= 11 is 7.48. The van der Waals surface area contributed by atoms with Crippen molar-refractivity contribution in [1.29, 1.82) is 0 Å². The monoisotopic (exact) mass is 337 g/mol. The molecule has 0 heterocycles. The van der Waals surface area contributed by atoms with Crippen LogP contribution in [-0.2, 0) is 4.79 Å². The van der Waals surface area contributed by atoms with Gasteiger partial charge in [-0.3, -0.25) is 4.79 Å². The number of benzene rings is 1. The van der Waals surface area contributed by atoms with Gasteiger partial charge in [0.15, 0.2) is 0 Å². The van der Waals surface area contributed by atoms with Crippen molar-refractivity contribution < 1.29 is 4.79 Å². The summed E-state index contributed by atoms with van der Waals surface area (Å²) < 4.78 is 0. The zero-order valence-electron chi connectivity index (χ0n) is 13.2. The smallest absolute Gasteiger partial charge is 0.233 e. The highest BCUT2D eigenvalue weighted by Crippen LogP contribution is 2.49. The van der Waals surface area contributed by atoms with Crippen LogP contribution in [0.5, 0.6) is 0 Å². The predicted octanol–water partition coefficient (Wildman–Crippen LogP) is 4.76. The topological polar surface area (TPSA) is 29.1 Å². The van der Waals surface area contributed by atoms with Crippen molar-refractivity contribution in [2.24, 2.45) is 17.8 Å². The summed E-state index contributed by atoms with van der Waals surface area (Å²) in [6, 6.07) is 7.97. The number of nitrogens with one attached hydrogen (secondary N) is 1. The number of hydrogen-bond donors (Lipinski definition) is 1. The number of rotatable bonds is 5. The molecular weight excluding hydrogens is 314 g/mol. The first-order valence-corrected chi connectivity index (χ1v) is 9.51. The van der Waals surface area contributed by atoms with E-state index in [9.17, 15) is 4.79 Å². The summed E-state index contributed by atoms with van der Waals surface area (Å²) in [6.07, 6.45) is 5.47. The highest BCUT2D eigenvalue weighted by molar-refractivity contribution is 8.00. The van der Waals surface area contributed by atoms with Crippen LogP contribution in [0.25, 0.3) is 0 Å². The molecule has 2 fully saturated rings. The van der Waals surface area contributed by atoms with Crippen LogP contribution in [-0.4, -0.2) is 17.2 Å². The number of carbonyl (C=O) groups is 1. The quantitative estimate of drug-likeness (QED) is 0.785. The molecule has 1 aromatic carbocycles. The van der Waals surface area contributed by atoms with E-state index in [0.29, 0.717) is 12.0 Å². The average molecular weight is 338 g/mol. The van der Waals surface area contributed by atoms with Crippen molar-refractivity contribution in [3.05, 3.63) is 29.3 Å².